The number of aryl methyl sites for hydroxylation is 1. The van der Waals surface area contributed by atoms with Crippen LogP contribution in [0.25, 0.3) is 17.3 Å². The number of thiophene rings is 1. The number of ether oxygens (including phenoxy) is 1. The van der Waals surface area contributed by atoms with E-state index >= 15 is 0 Å². The molecule has 1 amide bonds. The summed E-state index contributed by atoms with van der Waals surface area (Å²) in [5, 5.41) is 15.2. The second kappa shape index (κ2) is 11.3. The number of nitrogens with zero attached hydrogens (tertiary/aromatic N) is 8. The molecule has 7 rings (SSSR count). The first kappa shape index (κ1) is 29.4. The SMILES string of the molecule is C[C@H](Oc1cc(-n2cnc(C(=O)N(C)C)c2)nc(-c2noc3c2CCC[C@@]32CCCc3sc(N)c(C#N)c32)n1)[C@@H]1CCCN1C. The summed E-state index contributed by atoms with van der Waals surface area (Å²) < 4.78 is 14.4. The molecule has 0 unspecified atom stereocenters. The number of amides is 1. The number of imidazole rings is 1. The normalized spacial score (nSPS) is 21.7. The fourth-order valence-corrected chi connectivity index (χ4v) is 8.68. The minimum Gasteiger partial charge on any atom is -0.473 e. The van der Waals surface area contributed by atoms with Gasteiger partial charge in [0.1, 0.15) is 35.0 Å². The molecule has 234 valence electrons. The third kappa shape index (κ3) is 4.87. The third-order valence-electron chi connectivity index (χ3n) is 9.66. The highest BCUT2D eigenvalue weighted by atomic mass is 32.1. The molecule has 4 aromatic rings. The summed E-state index contributed by atoms with van der Waals surface area (Å²) in [6.45, 7) is 3.11. The fourth-order valence-electron chi connectivity index (χ4n) is 7.51. The molecular weight excluding hydrogens is 590 g/mol. The Morgan fingerprint density at radius 3 is 2.80 bits per heavy atom. The van der Waals surface area contributed by atoms with E-state index in [9.17, 15) is 10.1 Å². The van der Waals surface area contributed by atoms with Crippen molar-refractivity contribution in [3.8, 4) is 29.3 Å². The number of fused-ring (bicyclic) bond motifs is 4. The molecule has 1 saturated heterocycles. The van der Waals surface area contributed by atoms with Gasteiger partial charge >= 0.3 is 0 Å². The van der Waals surface area contributed by atoms with Crippen molar-refractivity contribution in [2.75, 3.05) is 33.4 Å². The van der Waals surface area contributed by atoms with Crippen LogP contribution in [-0.2, 0) is 18.3 Å². The van der Waals surface area contributed by atoms with Crippen molar-refractivity contribution in [3.05, 3.63) is 51.6 Å². The van der Waals surface area contributed by atoms with E-state index in [0.717, 1.165) is 74.8 Å². The van der Waals surface area contributed by atoms with Crippen molar-refractivity contribution >= 4 is 22.2 Å². The fraction of sp³-hybridized carbons (Fsp3) is 0.500. The van der Waals surface area contributed by atoms with Crippen molar-refractivity contribution in [1.82, 2.24) is 34.5 Å². The Kier molecular flexibility index (Phi) is 7.37. The van der Waals surface area contributed by atoms with Crippen LogP contribution in [-0.4, -0.2) is 80.2 Å². The van der Waals surface area contributed by atoms with Gasteiger partial charge in [-0.3, -0.25) is 14.3 Å². The van der Waals surface area contributed by atoms with E-state index in [2.05, 4.69) is 35.1 Å². The monoisotopic (exact) mass is 627 g/mol. The Morgan fingerprint density at radius 1 is 1.27 bits per heavy atom. The van der Waals surface area contributed by atoms with Crippen molar-refractivity contribution in [3.63, 3.8) is 0 Å². The summed E-state index contributed by atoms with van der Waals surface area (Å²) in [6.07, 6.45) is 10.6. The molecule has 0 radical (unpaired) electrons. The molecular formula is C32H37N9O3S. The topological polar surface area (TPSA) is 152 Å². The van der Waals surface area contributed by atoms with Crippen molar-refractivity contribution in [1.29, 1.82) is 5.26 Å². The van der Waals surface area contributed by atoms with Crippen molar-refractivity contribution in [2.24, 2.45) is 0 Å². The van der Waals surface area contributed by atoms with Crippen LogP contribution in [0.2, 0.25) is 0 Å². The molecule has 0 aromatic carbocycles. The molecule has 2 N–H and O–H groups in total. The zero-order valence-corrected chi connectivity index (χ0v) is 26.9. The number of nitrogen functional groups attached to an aromatic ring is 1. The summed E-state index contributed by atoms with van der Waals surface area (Å²) in [5.41, 5.74) is 9.32. The molecule has 1 aliphatic heterocycles. The van der Waals surface area contributed by atoms with E-state index < -0.39 is 5.41 Å². The maximum absolute atomic E-state index is 12.6. The lowest BCUT2D eigenvalue weighted by Gasteiger charge is -2.39. The van der Waals surface area contributed by atoms with Crippen LogP contribution in [0.3, 0.4) is 0 Å². The number of rotatable bonds is 6. The molecule has 5 heterocycles. The molecule has 3 aliphatic rings. The average Bonchev–Trinajstić information content (AvgIpc) is 3.82. The summed E-state index contributed by atoms with van der Waals surface area (Å²) in [5.74, 6) is 1.89. The second-order valence-electron chi connectivity index (χ2n) is 12.6. The zero-order valence-electron chi connectivity index (χ0n) is 26.0. The number of hydrogen-bond acceptors (Lipinski definition) is 11. The number of aromatic nitrogens is 5. The minimum atomic E-state index is -0.449. The number of anilines is 1. The Bertz CT molecular complexity index is 1810. The zero-order chi connectivity index (χ0) is 31.5. The highest BCUT2D eigenvalue weighted by Crippen LogP contribution is 2.55. The van der Waals surface area contributed by atoms with E-state index in [-0.39, 0.29) is 18.1 Å². The van der Waals surface area contributed by atoms with Gasteiger partial charge in [0.15, 0.2) is 17.3 Å². The first-order valence-electron chi connectivity index (χ1n) is 15.5. The van der Waals surface area contributed by atoms with E-state index in [1.807, 2.05) is 0 Å². The lowest BCUT2D eigenvalue weighted by Crippen LogP contribution is -2.38. The maximum Gasteiger partial charge on any atom is 0.273 e. The summed E-state index contributed by atoms with van der Waals surface area (Å²) in [7, 11) is 5.50. The van der Waals surface area contributed by atoms with Gasteiger partial charge in [0.25, 0.3) is 5.91 Å². The van der Waals surface area contributed by atoms with E-state index in [1.165, 1.54) is 21.1 Å². The van der Waals surface area contributed by atoms with Gasteiger partial charge in [0, 0.05) is 42.8 Å². The highest BCUT2D eigenvalue weighted by molar-refractivity contribution is 7.16. The third-order valence-corrected chi connectivity index (χ3v) is 10.7. The number of hydrogen-bond donors (Lipinski definition) is 1. The van der Waals surface area contributed by atoms with Gasteiger partial charge in [-0.05, 0) is 77.4 Å². The van der Waals surface area contributed by atoms with Gasteiger partial charge in [0.2, 0.25) is 5.88 Å². The Morgan fingerprint density at radius 2 is 2.07 bits per heavy atom. The van der Waals surface area contributed by atoms with E-state index in [1.54, 1.807) is 37.3 Å². The van der Waals surface area contributed by atoms with Crippen LogP contribution in [0.15, 0.2) is 23.1 Å². The number of carbonyl (C=O) groups is 1. The highest BCUT2D eigenvalue weighted by Gasteiger charge is 2.49. The van der Waals surface area contributed by atoms with Gasteiger partial charge in [-0.2, -0.15) is 10.2 Å². The van der Waals surface area contributed by atoms with Gasteiger partial charge < -0.3 is 19.9 Å². The van der Waals surface area contributed by atoms with Crippen LogP contribution in [0, 0.1) is 11.3 Å². The van der Waals surface area contributed by atoms with E-state index in [4.69, 9.17) is 25.0 Å². The molecule has 1 spiro atoms. The molecule has 0 saturated carbocycles. The van der Waals surface area contributed by atoms with Crippen LogP contribution in [0.5, 0.6) is 5.88 Å². The smallest absolute Gasteiger partial charge is 0.273 e. The van der Waals surface area contributed by atoms with Crippen molar-refractivity contribution < 1.29 is 14.1 Å². The molecule has 45 heavy (non-hydrogen) atoms. The Labute approximate surface area is 265 Å². The summed E-state index contributed by atoms with van der Waals surface area (Å²) >= 11 is 1.52. The molecule has 0 bridgehead atoms. The second-order valence-corrected chi connectivity index (χ2v) is 13.8. The maximum atomic E-state index is 12.6. The minimum absolute atomic E-state index is 0.106. The first-order valence-corrected chi connectivity index (χ1v) is 16.3. The molecule has 3 atom stereocenters. The molecule has 12 nitrogen and oxygen atoms in total. The van der Waals surface area contributed by atoms with Gasteiger partial charge in [-0.1, -0.05) is 5.16 Å². The average molecular weight is 628 g/mol. The van der Waals surface area contributed by atoms with Crippen LogP contribution >= 0.6 is 11.3 Å². The summed E-state index contributed by atoms with van der Waals surface area (Å²) in [4.78, 5) is 31.7. The number of nitriles is 1. The first-order chi connectivity index (χ1) is 21.7. The Balaban J connectivity index is 1.33. The predicted octanol–water partition coefficient (Wildman–Crippen LogP) is 4.35. The molecule has 13 heteroatoms. The quantitative estimate of drug-likeness (QED) is 0.326. The van der Waals surface area contributed by atoms with Gasteiger partial charge in [-0.25, -0.2) is 9.97 Å². The van der Waals surface area contributed by atoms with Crippen LogP contribution in [0.1, 0.15) is 83.3 Å². The summed E-state index contributed by atoms with van der Waals surface area (Å²) in [6, 6.07) is 4.43. The number of nitrogens with two attached hydrogens (primary N) is 1. The largest absolute Gasteiger partial charge is 0.473 e. The van der Waals surface area contributed by atoms with Gasteiger partial charge in [0.05, 0.1) is 11.0 Å². The molecule has 2 aliphatic carbocycles. The standard InChI is InChI=1S/C32H37N9O3S/c1-18(22-9-7-13-40(22)4)43-25-14-24(41-16-21(35-17-41)31(42)39(2)3)36-30(37-25)27-19-8-5-11-32(28(19)44-38-27)12-6-10-23-26(32)20(15-33)29(34)45-23/h14,16-18,22H,5-13,34H2,1-4H3/t18-,22-,32-/m0/s1. The van der Waals surface area contributed by atoms with Crippen molar-refractivity contribution in [2.45, 2.75) is 75.9 Å². The molecule has 1 fully saturated rings. The van der Waals surface area contributed by atoms with E-state index in [0.29, 0.717) is 39.5 Å². The Hall–Kier alpha value is -4.28. The predicted molar refractivity (Wildman–Crippen MR) is 169 cm³/mol. The lowest BCUT2D eigenvalue weighted by atomic mass is 9.63. The number of carbonyl (C=O) groups excluding carboxylic acids is 1. The number of likely N-dealkylation sites (tertiary alicyclic amines) is 1. The molecule has 4 aromatic heterocycles. The lowest BCUT2D eigenvalue weighted by molar-refractivity contribution is 0.0822. The van der Waals surface area contributed by atoms with Crippen LogP contribution in [0.4, 0.5) is 5.00 Å². The van der Waals surface area contributed by atoms with Gasteiger partial charge in [-0.15, -0.1) is 11.3 Å². The number of likely N-dealkylation sites (N-methyl/N-ethyl adjacent to an activating group) is 1. The van der Waals surface area contributed by atoms with Crippen LogP contribution < -0.4 is 10.5 Å².